The Morgan fingerprint density at radius 1 is 1.16 bits per heavy atom. The van der Waals surface area contributed by atoms with Crippen molar-refractivity contribution in [3.63, 3.8) is 0 Å². The quantitative estimate of drug-likeness (QED) is 0.865. The predicted octanol–water partition coefficient (Wildman–Crippen LogP) is 3.51. The maximum Gasteiger partial charge on any atom is 0.329 e. The minimum Gasteiger partial charge on any atom is -0.464 e. The summed E-state index contributed by atoms with van der Waals surface area (Å²) >= 11 is 11.3. The monoisotopic (exact) mass is 303 g/mol. The average molecular weight is 304 g/mol. The number of hydrogen-bond donors (Lipinski definition) is 0. The molecule has 0 radical (unpaired) electrons. The lowest BCUT2D eigenvalue weighted by Gasteiger charge is -2.06. The van der Waals surface area contributed by atoms with Gasteiger partial charge in [-0.2, -0.15) is 9.97 Å². The van der Waals surface area contributed by atoms with E-state index in [4.69, 9.17) is 32.7 Å². The van der Waals surface area contributed by atoms with Gasteiger partial charge in [-0.3, -0.25) is 0 Å². The zero-order chi connectivity index (χ0) is 13.8. The van der Waals surface area contributed by atoms with Crippen LogP contribution in [0.2, 0.25) is 10.3 Å². The molecule has 0 amide bonds. The Hall–Kier alpha value is -1.66. The molecule has 0 atom stereocenters. The van der Waals surface area contributed by atoms with E-state index in [-0.39, 0.29) is 28.1 Å². The molecule has 19 heavy (non-hydrogen) atoms. The minimum absolute atomic E-state index is 0.00367. The zero-order valence-corrected chi connectivity index (χ0v) is 11.2. The third-order valence-electron chi connectivity index (χ3n) is 1.94. The van der Waals surface area contributed by atoms with Crippen molar-refractivity contribution in [3.05, 3.63) is 34.3 Å². The maximum absolute atomic E-state index is 13.2. The van der Waals surface area contributed by atoms with E-state index in [1.54, 1.807) is 6.92 Å². The van der Waals surface area contributed by atoms with Gasteiger partial charge < -0.3 is 9.47 Å². The second kappa shape index (κ2) is 5.99. The molecule has 0 spiro atoms. The zero-order valence-electron chi connectivity index (χ0n) is 9.73. The van der Waals surface area contributed by atoms with Gasteiger partial charge in [0.25, 0.3) is 0 Å². The first-order valence-corrected chi connectivity index (χ1v) is 6.01. The van der Waals surface area contributed by atoms with E-state index in [0.29, 0.717) is 6.61 Å². The van der Waals surface area contributed by atoms with Crippen LogP contribution < -0.4 is 9.47 Å². The van der Waals surface area contributed by atoms with Crippen LogP contribution in [-0.2, 0) is 0 Å². The number of aromatic nitrogens is 3. The Labute approximate surface area is 118 Å². The van der Waals surface area contributed by atoms with Crippen molar-refractivity contribution in [2.24, 2.45) is 0 Å². The first kappa shape index (κ1) is 13.8. The van der Waals surface area contributed by atoms with Gasteiger partial charge in [-0.15, -0.1) is 4.98 Å². The van der Waals surface area contributed by atoms with Gasteiger partial charge in [-0.25, -0.2) is 4.39 Å². The highest BCUT2D eigenvalue weighted by Gasteiger charge is 2.09. The molecule has 0 N–H and O–H groups in total. The number of nitrogens with zero attached hydrogens (tertiary/aromatic N) is 3. The molecule has 0 saturated heterocycles. The molecular formula is C11H8Cl2FN3O2. The van der Waals surface area contributed by atoms with Crippen LogP contribution in [-0.4, -0.2) is 21.6 Å². The fourth-order valence-electron chi connectivity index (χ4n) is 1.20. The molecule has 1 aromatic heterocycles. The molecule has 0 bridgehead atoms. The molecule has 100 valence electrons. The van der Waals surface area contributed by atoms with Crippen LogP contribution in [0.1, 0.15) is 6.92 Å². The van der Waals surface area contributed by atoms with Crippen LogP contribution in [0.15, 0.2) is 18.2 Å². The summed E-state index contributed by atoms with van der Waals surface area (Å²) in [7, 11) is 0. The lowest BCUT2D eigenvalue weighted by atomic mass is 10.3. The summed E-state index contributed by atoms with van der Waals surface area (Å²) in [6.45, 7) is 2.14. The van der Waals surface area contributed by atoms with Gasteiger partial charge in [-0.05, 0) is 30.7 Å². The summed E-state index contributed by atoms with van der Waals surface area (Å²) in [5.74, 6) is -0.420. The van der Waals surface area contributed by atoms with E-state index in [9.17, 15) is 4.39 Å². The van der Waals surface area contributed by atoms with Crippen LogP contribution in [0.3, 0.4) is 0 Å². The van der Waals surface area contributed by atoms with Gasteiger partial charge in [0, 0.05) is 6.07 Å². The van der Waals surface area contributed by atoms with Gasteiger partial charge >= 0.3 is 12.0 Å². The summed E-state index contributed by atoms with van der Waals surface area (Å²) in [5.41, 5.74) is 0. The molecule has 0 unspecified atom stereocenters. The highest BCUT2D eigenvalue weighted by Crippen LogP contribution is 2.24. The van der Waals surface area contributed by atoms with Crippen molar-refractivity contribution in [2.75, 3.05) is 6.61 Å². The molecule has 0 aliphatic carbocycles. The molecule has 8 heteroatoms. The second-order valence-corrected chi connectivity index (χ2v) is 4.03. The third-order valence-corrected chi connectivity index (χ3v) is 2.42. The highest BCUT2D eigenvalue weighted by molar-refractivity contribution is 6.30. The molecule has 5 nitrogen and oxygen atoms in total. The SMILES string of the molecule is CCOc1nc(Cl)nc(Oc2ccc(Cl)c(F)c2)n1. The standard InChI is InChI=1S/C11H8Cl2FN3O2/c1-2-18-10-15-9(13)16-11(17-10)19-6-3-4-7(12)8(14)5-6/h3-5H,2H2,1H3. The Morgan fingerprint density at radius 2 is 1.89 bits per heavy atom. The van der Waals surface area contributed by atoms with E-state index in [1.807, 2.05) is 0 Å². The molecular weight excluding hydrogens is 296 g/mol. The molecule has 0 aliphatic rings. The largest absolute Gasteiger partial charge is 0.464 e. The van der Waals surface area contributed by atoms with Crippen LogP contribution in [0.5, 0.6) is 17.8 Å². The lowest BCUT2D eigenvalue weighted by Crippen LogP contribution is -2.01. The fourth-order valence-corrected chi connectivity index (χ4v) is 1.46. The lowest BCUT2D eigenvalue weighted by molar-refractivity contribution is 0.303. The summed E-state index contributed by atoms with van der Waals surface area (Å²) in [5, 5.41) is -0.0843. The highest BCUT2D eigenvalue weighted by atomic mass is 35.5. The topological polar surface area (TPSA) is 57.1 Å². The second-order valence-electron chi connectivity index (χ2n) is 3.28. The van der Waals surface area contributed by atoms with Crippen molar-refractivity contribution >= 4 is 23.2 Å². The van der Waals surface area contributed by atoms with E-state index in [0.717, 1.165) is 6.07 Å². The van der Waals surface area contributed by atoms with Gasteiger partial charge in [0.2, 0.25) is 5.28 Å². The number of halogens is 3. The van der Waals surface area contributed by atoms with Crippen LogP contribution in [0, 0.1) is 5.82 Å². The first-order chi connectivity index (χ1) is 9.08. The van der Waals surface area contributed by atoms with Gasteiger partial charge in [0.1, 0.15) is 11.6 Å². The molecule has 0 aliphatic heterocycles. The van der Waals surface area contributed by atoms with Crippen LogP contribution >= 0.6 is 23.2 Å². The third kappa shape index (κ3) is 3.65. The van der Waals surface area contributed by atoms with Crippen LogP contribution in [0.4, 0.5) is 4.39 Å². The molecule has 1 aromatic carbocycles. The van der Waals surface area contributed by atoms with E-state index >= 15 is 0 Å². The van der Waals surface area contributed by atoms with E-state index in [1.165, 1.54) is 12.1 Å². The Bertz CT molecular complexity index is 598. The normalized spacial score (nSPS) is 10.3. The van der Waals surface area contributed by atoms with Crippen molar-refractivity contribution < 1.29 is 13.9 Å². The average Bonchev–Trinajstić information content (AvgIpc) is 2.33. The van der Waals surface area contributed by atoms with Gasteiger partial charge in [0.05, 0.1) is 11.6 Å². The maximum atomic E-state index is 13.2. The smallest absolute Gasteiger partial charge is 0.329 e. The number of benzene rings is 1. The van der Waals surface area contributed by atoms with E-state index < -0.39 is 5.82 Å². The Balaban J connectivity index is 2.24. The summed E-state index contributed by atoms with van der Waals surface area (Å²) < 4.78 is 23.6. The van der Waals surface area contributed by atoms with Gasteiger partial charge in [-0.1, -0.05) is 11.6 Å². The van der Waals surface area contributed by atoms with Crippen LogP contribution in [0.25, 0.3) is 0 Å². The predicted molar refractivity (Wildman–Crippen MR) is 67.5 cm³/mol. The number of rotatable bonds is 4. The number of ether oxygens (including phenoxy) is 2. The molecule has 0 fully saturated rings. The summed E-state index contributed by atoms with van der Waals surface area (Å²) in [6.07, 6.45) is 0. The molecule has 2 aromatic rings. The Kier molecular flexibility index (Phi) is 4.34. The summed E-state index contributed by atoms with van der Waals surface area (Å²) in [4.78, 5) is 11.4. The summed E-state index contributed by atoms with van der Waals surface area (Å²) in [6, 6.07) is 3.89. The van der Waals surface area contributed by atoms with Gasteiger partial charge in [0.15, 0.2) is 0 Å². The van der Waals surface area contributed by atoms with Crippen molar-refractivity contribution in [1.29, 1.82) is 0 Å². The van der Waals surface area contributed by atoms with Crippen molar-refractivity contribution in [1.82, 2.24) is 15.0 Å². The fraction of sp³-hybridized carbons (Fsp3) is 0.182. The first-order valence-electron chi connectivity index (χ1n) is 5.25. The molecule has 1 heterocycles. The van der Waals surface area contributed by atoms with Crippen molar-refractivity contribution in [2.45, 2.75) is 6.92 Å². The minimum atomic E-state index is -0.607. The Morgan fingerprint density at radius 3 is 2.58 bits per heavy atom. The van der Waals surface area contributed by atoms with Crippen molar-refractivity contribution in [3.8, 4) is 17.8 Å². The van der Waals surface area contributed by atoms with E-state index in [2.05, 4.69) is 15.0 Å². The molecule has 0 saturated carbocycles. The molecule has 2 rings (SSSR count). The number of hydrogen-bond acceptors (Lipinski definition) is 5.